The number of benzene rings is 3. The van der Waals surface area contributed by atoms with Crippen LogP contribution in [0.1, 0.15) is 46.1 Å². The van der Waals surface area contributed by atoms with Gasteiger partial charge in [0.1, 0.15) is 5.75 Å². The van der Waals surface area contributed by atoms with Crippen LogP contribution in [0.2, 0.25) is 5.04 Å². The number of rotatable bonds is 13. The average molecular weight is 503 g/mol. The highest BCUT2D eigenvalue weighted by atomic mass is 28.4. The lowest BCUT2D eigenvalue weighted by atomic mass is 10.1. The summed E-state index contributed by atoms with van der Waals surface area (Å²) < 4.78 is 18.1. The van der Waals surface area contributed by atoms with Crippen LogP contribution < -0.4 is 15.1 Å². The van der Waals surface area contributed by atoms with E-state index in [-0.39, 0.29) is 5.04 Å². The maximum absolute atomic E-state index is 6.98. The van der Waals surface area contributed by atoms with Gasteiger partial charge in [-0.2, -0.15) is 0 Å². The van der Waals surface area contributed by atoms with Crippen molar-refractivity contribution in [1.29, 1.82) is 0 Å². The van der Waals surface area contributed by atoms with Gasteiger partial charge in [-0.05, 0) is 51.9 Å². The molecule has 3 aromatic carbocycles. The summed E-state index contributed by atoms with van der Waals surface area (Å²) in [5.74, 6) is 1.25. The van der Waals surface area contributed by atoms with Crippen molar-refractivity contribution in [2.24, 2.45) is 5.92 Å². The fourth-order valence-electron chi connectivity index (χ4n) is 4.66. The highest BCUT2D eigenvalue weighted by Crippen LogP contribution is 2.36. The number of hydrogen-bond donors (Lipinski definition) is 0. The highest BCUT2D eigenvalue weighted by Gasteiger charge is 2.49. The summed E-state index contributed by atoms with van der Waals surface area (Å²) in [7, 11) is -0.758. The van der Waals surface area contributed by atoms with Crippen molar-refractivity contribution in [3.8, 4) is 5.75 Å². The van der Waals surface area contributed by atoms with Gasteiger partial charge in [0, 0.05) is 6.61 Å². The SMILES string of the molecule is COc1ccc(COC[C@@H](C)/C=C/CCCO[Si](c2ccccc2)(c2ccccc2)C(C)(C)C)cc1. The monoisotopic (exact) mass is 502 g/mol. The minimum absolute atomic E-state index is 0.0152. The molecule has 0 saturated heterocycles. The molecule has 0 saturated carbocycles. The molecule has 0 heterocycles. The predicted octanol–water partition coefficient (Wildman–Crippen LogP) is 6.76. The number of unbranched alkanes of at least 4 members (excludes halogenated alkanes) is 1. The second-order valence-corrected chi connectivity index (χ2v) is 14.7. The zero-order valence-corrected chi connectivity index (χ0v) is 23.6. The van der Waals surface area contributed by atoms with Crippen molar-refractivity contribution in [3.05, 3.63) is 103 Å². The first-order valence-corrected chi connectivity index (χ1v) is 14.9. The van der Waals surface area contributed by atoms with Gasteiger partial charge in [0.25, 0.3) is 8.32 Å². The van der Waals surface area contributed by atoms with E-state index in [1.54, 1.807) is 7.11 Å². The van der Waals surface area contributed by atoms with Crippen LogP contribution in [0.25, 0.3) is 0 Å². The molecule has 4 heteroatoms. The van der Waals surface area contributed by atoms with Crippen molar-refractivity contribution >= 4 is 18.7 Å². The molecule has 0 amide bonds. The summed E-state index contributed by atoms with van der Waals surface area (Å²) in [6.45, 7) is 11.3. The number of allylic oxidation sites excluding steroid dienone is 1. The molecular formula is C32H42O3Si. The number of ether oxygens (including phenoxy) is 2. The van der Waals surface area contributed by atoms with E-state index in [1.807, 2.05) is 24.3 Å². The van der Waals surface area contributed by atoms with Crippen molar-refractivity contribution in [3.63, 3.8) is 0 Å². The third kappa shape index (κ3) is 7.42. The third-order valence-electron chi connectivity index (χ3n) is 6.52. The Kier molecular flexibility index (Phi) is 10.5. The van der Waals surface area contributed by atoms with Crippen LogP contribution in [-0.4, -0.2) is 28.6 Å². The zero-order chi connectivity index (χ0) is 25.9. The Morgan fingerprint density at radius 1 is 0.833 bits per heavy atom. The Morgan fingerprint density at radius 3 is 1.94 bits per heavy atom. The first-order valence-electron chi connectivity index (χ1n) is 13.0. The molecule has 3 aromatic rings. The van der Waals surface area contributed by atoms with E-state index in [0.717, 1.165) is 30.8 Å². The predicted molar refractivity (Wildman–Crippen MR) is 154 cm³/mol. The lowest BCUT2D eigenvalue weighted by Gasteiger charge is -2.43. The Labute approximate surface area is 219 Å². The largest absolute Gasteiger partial charge is 0.497 e. The molecule has 0 aliphatic heterocycles. The van der Waals surface area contributed by atoms with E-state index in [0.29, 0.717) is 19.1 Å². The van der Waals surface area contributed by atoms with Gasteiger partial charge in [-0.15, -0.1) is 0 Å². The van der Waals surface area contributed by atoms with E-state index in [9.17, 15) is 0 Å². The summed E-state index contributed by atoms with van der Waals surface area (Å²) in [5, 5.41) is 2.69. The van der Waals surface area contributed by atoms with Crippen molar-refractivity contribution in [2.75, 3.05) is 20.3 Å². The smallest absolute Gasteiger partial charge is 0.261 e. The molecule has 0 fully saturated rings. The lowest BCUT2D eigenvalue weighted by molar-refractivity contribution is 0.104. The quantitative estimate of drug-likeness (QED) is 0.147. The van der Waals surface area contributed by atoms with Crippen molar-refractivity contribution in [1.82, 2.24) is 0 Å². The van der Waals surface area contributed by atoms with E-state index < -0.39 is 8.32 Å². The third-order valence-corrected chi connectivity index (χ3v) is 11.6. The zero-order valence-electron chi connectivity index (χ0n) is 22.6. The van der Waals surface area contributed by atoms with Gasteiger partial charge in [0.05, 0.1) is 20.3 Å². The van der Waals surface area contributed by atoms with Gasteiger partial charge in [-0.1, -0.05) is 113 Å². The Balaban J connectivity index is 1.52. The Morgan fingerprint density at radius 2 is 1.42 bits per heavy atom. The average Bonchev–Trinajstić information content (AvgIpc) is 2.89. The van der Waals surface area contributed by atoms with Crippen molar-refractivity contribution < 1.29 is 13.9 Å². The van der Waals surface area contributed by atoms with Crippen LogP contribution in [0, 0.1) is 5.92 Å². The minimum Gasteiger partial charge on any atom is -0.497 e. The summed E-state index contributed by atoms with van der Waals surface area (Å²) in [6, 6.07) is 29.7. The maximum Gasteiger partial charge on any atom is 0.261 e. The Bertz CT molecular complexity index is 1000. The molecule has 0 N–H and O–H groups in total. The normalized spacial score (nSPS) is 13.1. The lowest BCUT2D eigenvalue weighted by Crippen LogP contribution is -2.66. The van der Waals surface area contributed by atoms with Crippen LogP contribution in [0.15, 0.2) is 97.1 Å². The van der Waals surface area contributed by atoms with Gasteiger partial charge in [-0.25, -0.2) is 0 Å². The first-order chi connectivity index (χ1) is 17.4. The van der Waals surface area contributed by atoms with E-state index in [4.69, 9.17) is 13.9 Å². The topological polar surface area (TPSA) is 27.7 Å². The van der Waals surface area contributed by atoms with E-state index in [2.05, 4.69) is 101 Å². The molecule has 0 spiro atoms. The molecule has 1 atom stereocenters. The molecule has 0 aromatic heterocycles. The minimum atomic E-state index is -2.44. The molecule has 0 radical (unpaired) electrons. The number of methoxy groups -OCH3 is 1. The highest BCUT2D eigenvalue weighted by molar-refractivity contribution is 6.99. The summed E-state index contributed by atoms with van der Waals surface area (Å²) in [6.07, 6.45) is 6.54. The second-order valence-electron chi connectivity index (χ2n) is 10.4. The first kappa shape index (κ1) is 27.9. The fraction of sp³-hybridized carbons (Fsp3) is 0.375. The number of hydrogen-bond acceptors (Lipinski definition) is 3. The molecule has 36 heavy (non-hydrogen) atoms. The summed E-state index contributed by atoms with van der Waals surface area (Å²) in [5.41, 5.74) is 1.16. The van der Waals surface area contributed by atoms with Crippen LogP contribution in [0.4, 0.5) is 0 Å². The second kappa shape index (κ2) is 13.6. The molecule has 3 nitrogen and oxygen atoms in total. The fourth-order valence-corrected chi connectivity index (χ4v) is 9.26. The standard InChI is InChI=1S/C32H42O3Si/c1-27(25-34-26-28-20-22-29(33-5)23-21-28)15-9-8-14-24-35-36(32(2,3)4,30-16-10-6-11-17-30)31-18-12-7-13-19-31/h6-7,9-13,15-23,27H,8,14,24-26H2,1-5H3/b15-9+/t27-/m0/s1. The summed E-state index contributed by atoms with van der Waals surface area (Å²) >= 11 is 0. The van der Waals surface area contributed by atoms with Crippen LogP contribution >= 0.6 is 0 Å². The molecule has 3 rings (SSSR count). The maximum atomic E-state index is 6.98. The van der Waals surface area contributed by atoms with Crippen LogP contribution in [0.5, 0.6) is 5.75 Å². The van der Waals surface area contributed by atoms with Gasteiger partial charge < -0.3 is 13.9 Å². The molecule has 192 valence electrons. The molecule has 0 aliphatic carbocycles. The summed E-state index contributed by atoms with van der Waals surface area (Å²) in [4.78, 5) is 0. The van der Waals surface area contributed by atoms with Gasteiger partial charge in [-0.3, -0.25) is 0 Å². The van der Waals surface area contributed by atoms with E-state index in [1.165, 1.54) is 10.4 Å². The van der Waals surface area contributed by atoms with Crippen molar-refractivity contribution in [2.45, 2.75) is 52.2 Å². The van der Waals surface area contributed by atoms with Crippen LogP contribution in [-0.2, 0) is 15.8 Å². The van der Waals surface area contributed by atoms with E-state index >= 15 is 0 Å². The molecule has 0 bridgehead atoms. The van der Waals surface area contributed by atoms with Gasteiger partial charge in [0.2, 0.25) is 0 Å². The Hall–Kier alpha value is -2.66. The molecule has 0 unspecified atom stereocenters. The van der Waals surface area contributed by atoms with Gasteiger partial charge >= 0.3 is 0 Å². The molecular weight excluding hydrogens is 460 g/mol. The van der Waals surface area contributed by atoms with Gasteiger partial charge in [0.15, 0.2) is 0 Å². The molecule has 0 aliphatic rings. The van der Waals surface area contributed by atoms with Crippen LogP contribution in [0.3, 0.4) is 0 Å².